The number of nitrogens with zero attached hydrogens (tertiary/aromatic N) is 5. The van der Waals surface area contributed by atoms with E-state index < -0.39 is 25.9 Å². The lowest BCUT2D eigenvalue weighted by Gasteiger charge is -2.33. The minimum atomic E-state index is -4.46. The smallest absolute Gasteiger partial charge is 0.380 e. The van der Waals surface area contributed by atoms with E-state index in [4.69, 9.17) is 10.3 Å². The molecule has 1 aromatic rings. The molecular formula is C22H30F3N5OSi. The van der Waals surface area contributed by atoms with Gasteiger partial charge in [-0.3, -0.25) is 4.99 Å². The minimum Gasteiger partial charge on any atom is -0.380 e. The number of alkyl halides is 3. The fraction of sp³-hybridized carbons (Fsp3) is 0.591. The van der Waals surface area contributed by atoms with Crippen molar-refractivity contribution in [3.8, 4) is 0 Å². The SMILES string of the molecule is C[Si](C)(C)CCOCC1CC(C(F)(F)F)=C(N2Cc3ccccc3C2CCN=[N+]=[N-])C=N1. The summed E-state index contributed by atoms with van der Waals surface area (Å²) in [7, 11) is -1.26. The standard InChI is InChI=1S/C22H30F3N5OSi/c1-32(2,3)11-10-31-15-17-12-19(22(23,24)25)21(13-27-17)30-14-16-6-4-5-7-18(16)20(30)8-9-28-29-26/h4-7,13,17,20H,8-12,14-15H2,1-3H3. The number of aliphatic imine (C=N–C) groups is 1. The van der Waals surface area contributed by atoms with Crippen LogP contribution >= 0.6 is 0 Å². The molecule has 32 heavy (non-hydrogen) atoms. The number of benzene rings is 1. The van der Waals surface area contributed by atoms with E-state index in [0.29, 0.717) is 19.6 Å². The number of fused-ring (bicyclic) bond motifs is 1. The summed E-state index contributed by atoms with van der Waals surface area (Å²) in [4.78, 5) is 8.96. The van der Waals surface area contributed by atoms with Gasteiger partial charge in [0.2, 0.25) is 0 Å². The molecule has 174 valence electrons. The molecule has 0 aliphatic carbocycles. The molecule has 0 aromatic heterocycles. The molecule has 0 saturated carbocycles. The van der Waals surface area contributed by atoms with Gasteiger partial charge in [0.1, 0.15) is 0 Å². The summed E-state index contributed by atoms with van der Waals surface area (Å²) in [5.74, 6) is 0. The maximum absolute atomic E-state index is 14.1. The van der Waals surface area contributed by atoms with E-state index in [9.17, 15) is 13.2 Å². The van der Waals surface area contributed by atoms with E-state index >= 15 is 0 Å². The Morgan fingerprint density at radius 1 is 1.28 bits per heavy atom. The highest BCUT2D eigenvalue weighted by Gasteiger charge is 2.42. The summed E-state index contributed by atoms with van der Waals surface area (Å²) in [6.45, 7) is 8.03. The number of hydrogen-bond acceptors (Lipinski definition) is 4. The van der Waals surface area contributed by atoms with Gasteiger partial charge in [-0.15, -0.1) is 0 Å². The average Bonchev–Trinajstić information content (AvgIpc) is 3.08. The molecule has 0 bridgehead atoms. The van der Waals surface area contributed by atoms with E-state index in [0.717, 1.165) is 17.2 Å². The van der Waals surface area contributed by atoms with Gasteiger partial charge in [0.05, 0.1) is 30.0 Å². The van der Waals surface area contributed by atoms with Crippen molar-refractivity contribution < 1.29 is 17.9 Å². The molecule has 6 nitrogen and oxygen atoms in total. The lowest BCUT2D eigenvalue weighted by Crippen LogP contribution is -2.33. The van der Waals surface area contributed by atoms with Crippen molar-refractivity contribution in [2.45, 2.75) is 63.3 Å². The number of dihydropyridines is 1. The Morgan fingerprint density at radius 2 is 2.03 bits per heavy atom. The third kappa shape index (κ3) is 6.15. The number of rotatable bonds is 9. The number of azide groups is 1. The molecule has 2 aliphatic heterocycles. The first-order valence-electron chi connectivity index (χ1n) is 10.9. The Hall–Kier alpha value is -2.29. The van der Waals surface area contributed by atoms with Crippen LogP contribution < -0.4 is 0 Å². The van der Waals surface area contributed by atoms with E-state index in [1.54, 1.807) is 4.90 Å². The Morgan fingerprint density at radius 3 is 2.72 bits per heavy atom. The first kappa shape index (κ1) is 24.4. The van der Waals surface area contributed by atoms with Crippen molar-refractivity contribution in [1.82, 2.24) is 4.90 Å². The zero-order chi connectivity index (χ0) is 23.4. The molecule has 0 saturated heterocycles. The van der Waals surface area contributed by atoms with Crippen LogP contribution in [0.15, 0.2) is 45.6 Å². The van der Waals surface area contributed by atoms with Gasteiger partial charge in [-0.2, -0.15) is 13.2 Å². The highest BCUT2D eigenvalue weighted by Crippen LogP contribution is 2.43. The summed E-state index contributed by atoms with van der Waals surface area (Å²) in [5, 5.41) is 3.59. The molecule has 0 spiro atoms. The fourth-order valence-corrected chi connectivity index (χ4v) is 4.87. The van der Waals surface area contributed by atoms with Gasteiger partial charge < -0.3 is 9.64 Å². The minimum absolute atomic E-state index is 0.109. The van der Waals surface area contributed by atoms with Crippen molar-refractivity contribution >= 4 is 14.3 Å². The lowest BCUT2D eigenvalue weighted by atomic mass is 9.99. The Labute approximate surface area is 187 Å². The van der Waals surface area contributed by atoms with Crippen molar-refractivity contribution in [1.29, 1.82) is 0 Å². The van der Waals surface area contributed by atoms with Gasteiger partial charge >= 0.3 is 6.18 Å². The van der Waals surface area contributed by atoms with E-state index in [1.807, 2.05) is 24.3 Å². The zero-order valence-corrected chi connectivity index (χ0v) is 19.8. The molecule has 2 atom stereocenters. The number of allylic oxidation sites excluding steroid dienone is 1. The summed E-state index contributed by atoms with van der Waals surface area (Å²) >= 11 is 0. The van der Waals surface area contributed by atoms with Crippen molar-refractivity contribution in [2.24, 2.45) is 10.1 Å². The second-order valence-corrected chi connectivity index (χ2v) is 15.1. The molecule has 0 amide bonds. The average molecular weight is 466 g/mol. The van der Waals surface area contributed by atoms with Gasteiger partial charge in [0.15, 0.2) is 0 Å². The summed E-state index contributed by atoms with van der Waals surface area (Å²) in [6.07, 6.45) is -2.85. The zero-order valence-electron chi connectivity index (χ0n) is 18.8. The van der Waals surface area contributed by atoms with Crippen molar-refractivity contribution in [3.63, 3.8) is 0 Å². The molecular weight excluding hydrogens is 435 g/mol. The van der Waals surface area contributed by atoms with Crippen LogP contribution in [-0.2, 0) is 11.3 Å². The first-order valence-corrected chi connectivity index (χ1v) is 14.6. The van der Waals surface area contributed by atoms with Crippen LogP contribution in [0.2, 0.25) is 25.7 Å². The predicted molar refractivity (Wildman–Crippen MR) is 122 cm³/mol. The second-order valence-electron chi connectivity index (χ2n) is 9.47. The van der Waals surface area contributed by atoms with Crippen LogP contribution in [-0.4, -0.2) is 51.2 Å². The summed E-state index contributed by atoms with van der Waals surface area (Å²) in [6, 6.07) is 7.76. The largest absolute Gasteiger partial charge is 0.414 e. The van der Waals surface area contributed by atoms with E-state index in [2.05, 4.69) is 34.7 Å². The van der Waals surface area contributed by atoms with E-state index in [1.165, 1.54) is 6.21 Å². The molecule has 3 rings (SSSR count). The molecule has 10 heteroatoms. The number of hydrogen-bond donors (Lipinski definition) is 0. The Balaban J connectivity index is 1.80. The van der Waals surface area contributed by atoms with Crippen molar-refractivity contribution in [3.05, 3.63) is 57.1 Å². The van der Waals surface area contributed by atoms with E-state index in [-0.39, 0.29) is 31.3 Å². The van der Waals surface area contributed by atoms with Gasteiger partial charge in [-0.1, -0.05) is 49.0 Å². The molecule has 2 aliphatic rings. The predicted octanol–water partition coefficient (Wildman–Crippen LogP) is 6.26. The molecule has 0 N–H and O–H groups in total. The van der Waals surface area contributed by atoms with Gasteiger partial charge in [-0.25, -0.2) is 0 Å². The number of halogens is 3. The van der Waals surface area contributed by atoms with Crippen LogP contribution in [0.25, 0.3) is 10.4 Å². The van der Waals surface area contributed by atoms with Gasteiger partial charge in [0, 0.05) is 45.3 Å². The van der Waals surface area contributed by atoms with Crippen LogP contribution in [0.3, 0.4) is 0 Å². The molecule has 2 heterocycles. The Kier molecular flexibility index (Phi) is 7.69. The van der Waals surface area contributed by atoms with Crippen LogP contribution in [0.1, 0.15) is 30.0 Å². The molecule has 1 aromatic carbocycles. The van der Waals surface area contributed by atoms with Crippen molar-refractivity contribution in [2.75, 3.05) is 19.8 Å². The van der Waals surface area contributed by atoms with Crippen LogP contribution in [0.5, 0.6) is 0 Å². The highest BCUT2D eigenvalue weighted by atomic mass is 28.3. The topological polar surface area (TPSA) is 73.6 Å². The van der Waals surface area contributed by atoms with Crippen LogP contribution in [0, 0.1) is 0 Å². The third-order valence-corrected chi connectivity index (χ3v) is 7.52. The third-order valence-electron chi connectivity index (χ3n) is 5.81. The molecule has 2 unspecified atom stereocenters. The number of ether oxygens (including phenoxy) is 1. The second kappa shape index (κ2) is 10.1. The maximum Gasteiger partial charge on any atom is 0.414 e. The van der Waals surface area contributed by atoms with Gasteiger partial charge in [0.25, 0.3) is 0 Å². The Bertz CT molecular complexity index is 919. The first-order chi connectivity index (χ1) is 15.1. The van der Waals surface area contributed by atoms with Gasteiger partial charge in [-0.05, 0) is 29.1 Å². The lowest BCUT2D eigenvalue weighted by molar-refractivity contribution is -0.0972. The fourth-order valence-electron chi connectivity index (χ4n) is 4.11. The monoisotopic (exact) mass is 465 g/mol. The summed E-state index contributed by atoms with van der Waals surface area (Å²) < 4.78 is 47.9. The summed E-state index contributed by atoms with van der Waals surface area (Å²) in [5.41, 5.74) is 10.1. The normalized spacial score (nSPS) is 21.0. The maximum atomic E-state index is 14.1. The quantitative estimate of drug-likeness (QED) is 0.142. The molecule has 0 fully saturated rings. The highest BCUT2D eigenvalue weighted by molar-refractivity contribution is 6.76. The van der Waals surface area contributed by atoms with Crippen LogP contribution in [0.4, 0.5) is 13.2 Å². The molecule has 0 radical (unpaired) electrons.